The molecule has 1 saturated carbocycles. The first-order chi connectivity index (χ1) is 20.4. The van der Waals surface area contributed by atoms with E-state index in [1.54, 1.807) is 21.7 Å². The van der Waals surface area contributed by atoms with Crippen LogP contribution in [-0.2, 0) is 11.0 Å². The number of amides is 2. The summed E-state index contributed by atoms with van der Waals surface area (Å²) in [5, 5.41) is 7.61. The van der Waals surface area contributed by atoms with Gasteiger partial charge in [-0.15, -0.1) is 0 Å². The molecule has 1 aliphatic carbocycles. The monoisotopic (exact) mass is 600 g/mol. The molecule has 6 rings (SSSR count). The molecule has 3 aromatic heterocycles. The number of piperidine rings is 1. The highest BCUT2D eigenvalue weighted by Crippen LogP contribution is 2.44. The van der Waals surface area contributed by atoms with Crippen molar-refractivity contribution in [3.63, 3.8) is 0 Å². The number of carbonyl (C=O) groups is 2. The van der Waals surface area contributed by atoms with E-state index in [0.717, 1.165) is 18.3 Å². The second-order valence-corrected chi connectivity index (χ2v) is 10.8. The lowest BCUT2D eigenvalue weighted by atomic mass is 9.80. The largest absolute Gasteiger partial charge is 0.416 e. The van der Waals surface area contributed by atoms with Crippen molar-refractivity contribution in [2.24, 2.45) is 5.92 Å². The molecule has 2 amide bonds. The predicted octanol–water partition coefficient (Wildman–Crippen LogP) is 4.95. The first kappa shape index (κ1) is 28.4. The fourth-order valence-corrected chi connectivity index (χ4v) is 5.54. The van der Waals surface area contributed by atoms with Crippen molar-refractivity contribution in [3.05, 3.63) is 60.0 Å². The molecule has 1 atom stereocenters. The average molecular weight is 601 g/mol. The third-order valence-corrected chi connectivity index (χ3v) is 7.76. The lowest BCUT2D eigenvalue weighted by Crippen LogP contribution is -2.49. The Hall–Kier alpha value is -4.69. The Labute approximate surface area is 241 Å². The summed E-state index contributed by atoms with van der Waals surface area (Å²) in [5.74, 6) is -4.49. The zero-order valence-corrected chi connectivity index (χ0v) is 22.5. The van der Waals surface area contributed by atoms with Gasteiger partial charge < -0.3 is 16.0 Å². The van der Waals surface area contributed by atoms with Crippen LogP contribution in [0.25, 0.3) is 22.3 Å². The Bertz CT molecular complexity index is 1700. The number of halogens is 5. The standard InChI is InChI=1S/C28H25F5N8O2/c29-27(30)11-17(12-27)26(43)40-9-1-2-19(13-40)41-24-21(23(34)36-14-37-24)22(39-41)15-3-5-16(6-4-15)25(42)38-20-10-18(7-8-35-20)28(31,32)33/h3-8,10,14,17,19H,1-2,9,11-13H2,(H2,34,36,37)(H,35,38,42)/t19-/m1/s1. The van der Waals surface area contributed by atoms with E-state index in [-0.39, 0.29) is 35.7 Å². The molecule has 10 nitrogen and oxygen atoms in total. The highest BCUT2D eigenvalue weighted by molar-refractivity contribution is 6.04. The molecule has 1 saturated heterocycles. The van der Waals surface area contributed by atoms with Gasteiger partial charge in [0.05, 0.1) is 17.0 Å². The molecule has 224 valence electrons. The second kappa shape index (κ2) is 10.5. The van der Waals surface area contributed by atoms with E-state index in [1.807, 2.05) is 0 Å². The molecule has 0 unspecified atom stereocenters. The maximum atomic E-state index is 13.4. The number of nitrogens with one attached hydrogen (secondary N) is 1. The van der Waals surface area contributed by atoms with Crippen LogP contribution in [0.2, 0.25) is 0 Å². The van der Waals surface area contributed by atoms with Gasteiger partial charge in [0.1, 0.15) is 23.7 Å². The minimum Gasteiger partial charge on any atom is -0.383 e. The minimum atomic E-state index is -4.58. The summed E-state index contributed by atoms with van der Waals surface area (Å²) in [6, 6.07) is 7.46. The quantitative estimate of drug-likeness (QED) is 0.310. The van der Waals surface area contributed by atoms with E-state index in [0.29, 0.717) is 41.7 Å². The van der Waals surface area contributed by atoms with Crippen LogP contribution in [-0.4, -0.2) is 60.5 Å². The number of hydrogen-bond donors (Lipinski definition) is 2. The number of nitrogens with two attached hydrogens (primary N) is 1. The third kappa shape index (κ3) is 5.58. The lowest BCUT2D eigenvalue weighted by molar-refractivity contribution is -0.161. The van der Waals surface area contributed by atoms with Gasteiger partial charge in [0, 0.05) is 49.2 Å². The maximum Gasteiger partial charge on any atom is 0.416 e. The Kier molecular flexibility index (Phi) is 6.97. The van der Waals surface area contributed by atoms with Gasteiger partial charge in [-0.05, 0) is 37.1 Å². The number of carbonyl (C=O) groups excluding carboxylic acids is 2. The van der Waals surface area contributed by atoms with Gasteiger partial charge in [0.2, 0.25) is 11.8 Å². The number of fused-ring (bicyclic) bond motifs is 1. The minimum absolute atomic E-state index is 0.166. The van der Waals surface area contributed by atoms with Crippen LogP contribution >= 0.6 is 0 Å². The molecule has 1 aliphatic heterocycles. The number of nitrogen functional groups attached to an aromatic ring is 1. The van der Waals surface area contributed by atoms with Crippen LogP contribution in [0.3, 0.4) is 0 Å². The van der Waals surface area contributed by atoms with Gasteiger partial charge >= 0.3 is 6.18 Å². The van der Waals surface area contributed by atoms with Crippen molar-refractivity contribution in [2.45, 2.75) is 43.8 Å². The number of rotatable bonds is 5. The van der Waals surface area contributed by atoms with Gasteiger partial charge in [-0.3, -0.25) is 9.59 Å². The van der Waals surface area contributed by atoms with Crippen molar-refractivity contribution in [1.29, 1.82) is 0 Å². The fraction of sp³-hybridized carbons (Fsp3) is 0.357. The van der Waals surface area contributed by atoms with Gasteiger partial charge in [0.15, 0.2) is 5.65 Å². The van der Waals surface area contributed by atoms with E-state index in [2.05, 4.69) is 20.3 Å². The van der Waals surface area contributed by atoms with E-state index in [1.165, 1.54) is 18.5 Å². The van der Waals surface area contributed by atoms with E-state index < -0.39 is 42.3 Å². The van der Waals surface area contributed by atoms with Crippen molar-refractivity contribution in [1.82, 2.24) is 29.6 Å². The molecular formula is C28H25F5N8O2. The van der Waals surface area contributed by atoms with Gasteiger partial charge in [-0.2, -0.15) is 18.3 Å². The SMILES string of the molecule is Nc1ncnc2c1c(-c1ccc(C(=O)Nc3cc(C(F)(F)F)ccn3)cc1)nn2[C@@H]1CCCN(C(=O)C2CC(F)(F)C2)C1. The molecule has 0 spiro atoms. The summed E-state index contributed by atoms with van der Waals surface area (Å²) in [7, 11) is 0. The van der Waals surface area contributed by atoms with Crippen molar-refractivity contribution in [2.75, 3.05) is 24.1 Å². The van der Waals surface area contributed by atoms with Gasteiger partial charge in [-0.1, -0.05) is 12.1 Å². The average Bonchev–Trinajstić information content (AvgIpc) is 3.36. The van der Waals surface area contributed by atoms with E-state index in [4.69, 9.17) is 10.8 Å². The summed E-state index contributed by atoms with van der Waals surface area (Å²) in [6.45, 7) is 0.754. The van der Waals surface area contributed by atoms with E-state index in [9.17, 15) is 31.5 Å². The van der Waals surface area contributed by atoms with Crippen LogP contribution in [0.5, 0.6) is 0 Å². The molecule has 4 heterocycles. The zero-order valence-electron chi connectivity index (χ0n) is 22.5. The third-order valence-electron chi connectivity index (χ3n) is 7.76. The highest BCUT2D eigenvalue weighted by atomic mass is 19.4. The Morgan fingerprint density at radius 1 is 1.05 bits per heavy atom. The predicted molar refractivity (Wildman–Crippen MR) is 145 cm³/mol. The molecule has 0 radical (unpaired) electrons. The van der Waals surface area contributed by atoms with Crippen LogP contribution in [0, 0.1) is 5.92 Å². The molecular weight excluding hydrogens is 575 g/mol. The normalized spacial score (nSPS) is 18.8. The Morgan fingerprint density at radius 2 is 1.79 bits per heavy atom. The zero-order chi connectivity index (χ0) is 30.5. The summed E-state index contributed by atoms with van der Waals surface area (Å²) in [4.78, 5) is 39.5. The molecule has 43 heavy (non-hydrogen) atoms. The number of aromatic nitrogens is 5. The number of anilines is 2. The second-order valence-electron chi connectivity index (χ2n) is 10.8. The van der Waals surface area contributed by atoms with Crippen LogP contribution in [0.15, 0.2) is 48.9 Å². The molecule has 4 aromatic rings. The highest BCUT2D eigenvalue weighted by Gasteiger charge is 2.50. The van der Waals surface area contributed by atoms with Crippen LogP contribution in [0.1, 0.15) is 47.6 Å². The van der Waals surface area contributed by atoms with Gasteiger partial charge in [-0.25, -0.2) is 28.4 Å². The van der Waals surface area contributed by atoms with Crippen LogP contribution in [0.4, 0.5) is 33.6 Å². The van der Waals surface area contributed by atoms with Gasteiger partial charge in [0.25, 0.3) is 5.91 Å². The number of pyridine rings is 1. The number of likely N-dealkylation sites (tertiary alicyclic amines) is 1. The molecule has 15 heteroatoms. The molecule has 1 aromatic carbocycles. The smallest absolute Gasteiger partial charge is 0.383 e. The first-order valence-corrected chi connectivity index (χ1v) is 13.5. The molecule has 0 bridgehead atoms. The van der Waals surface area contributed by atoms with Crippen molar-refractivity contribution in [3.8, 4) is 11.3 Å². The summed E-state index contributed by atoms with van der Waals surface area (Å²) in [6.07, 6.45) is -1.86. The summed E-state index contributed by atoms with van der Waals surface area (Å²) in [5.41, 5.74) is 6.89. The Morgan fingerprint density at radius 3 is 2.49 bits per heavy atom. The van der Waals surface area contributed by atoms with Crippen molar-refractivity contribution < 1.29 is 31.5 Å². The van der Waals surface area contributed by atoms with Crippen LogP contribution < -0.4 is 11.1 Å². The lowest BCUT2D eigenvalue weighted by Gasteiger charge is -2.40. The van der Waals surface area contributed by atoms with E-state index >= 15 is 0 Å². The maximum absolute atomic E-state index is 13.4. The number of alkyl halides is 5. The molecule has 2 fully saturated rings. The topological polar surface area (TPSA) is 132 Å². The first-order valence-electron chi connectivity index (χ1n) is 13.5. The summed E-state index contributed by atoms with van der Waals surface area (Å²) >= 11 is 0. The number of benzene rings is 1. The number of hydrogen-bond acceptors (Lipinski definition) is 7. The molecule has 2 aliphatic rings. The van der Waals surface area contributed by atoms with Crippen molar-refractivity contribution >= 4 is 34.5 Å². The number of nitrogens with zero attached hydrogens (tertiary/aromatic N) is 6. The molecule has 3 N–H and O–H groups in total. The Balaban J connectivity index is 1.24. The fourth-order valence-electron chi connectivity index (χ4n) is 5.54. The summed E-state index contributed by atoms with van der Waals surface area (Å²) < 4.78 is 67.5.